The number of rotatable bonds is 7. The second-order valence-corrected chi connectivity index (χ2v) is 7.84. The molecule has 0 bridgehead atoms. The number of hydrogen-bond acceptors (Lipinski definition) is 4. The molecule has 1 amide bonds. The summed E-state index contributed by atoms with van der Waals surface area (Å²) in [5, 5.41) is 11.1. The van der Waals surface area contributed by atoms with Gasteiger partial charge in [0.25, 0.3) is 11.7 Å². The van der Waals surface area contributed by atoms with Crippen molar-refractivity contribution in [2.75, 3.05) is 26.2 Å². The molecule has 2 aromatic carbocycles. The number of carbonyl (C=O) groups is 2. The standard InChI is InChI=1S/C25H29FN2O3/c1-5-27(6-2)13-14-28-22(19-9-7-8-10-20(19)26)21(24(30)25(28)31)23(29)18-12-11-16(3)17(4)15-18/h7-12,15,22,29H,5-6,13-14H2,1-4H3/b23-21+. The summed E-state index contributed by atoms with van der Waals surface area (Å²) >= 11 is 0. The van der Waals surface area contributed by atoms with Gasteiger partial charge in [0.05, 0.1) is 11.6 Å². The van der Waals surface area contributed by atoms with Crippen molar-refractivity contribution in [1.82, 2.24) is 9.80 Å². The van der Waals surface area contributed by atoms with Crippen LogP contribution in [0.4, 0.5) is 4.39 Å². The van der Waals surface area contributed by atoms with Crippen LogP contribution in [0, 0.1) is 19.7 Å². The molecular formula is C25H29FN2O3. The van der Waals surface area contributed by atoms with E-state index in [1.807, 2.05) is 33.8 Å². The summed E-state index contributed by atoms with van der Waals surface area (Å²) in [6.07, 6.45) is 0. The van der Waals surface area contributed by atoms with Gasteiger partial charge < -0.3 is 14.9 Å². The summed E-state index contributed by atoms with van der Waals surface area (Å²) in [7, 11) is 0. The van der Waals surface area contributed by atoms with Crippen LogP contribution in [0.2, 0.25) is 0 Å². The van der Waals surface area contributed by atoms with Gasteiger partial charge in [-0.05, 0) is 50.2 Å². The number of aliphatic hydroxyl groups is 1. The first-order chi connectivity index (χ1) is 14.8. The van der Waals surface area contributed by atoms with Gasteiger partial charge in [-0.3, -0.25) is 9.59 Å². The number of halogens is 1. The van der Waals surface area contributed by atoms with Gasteiger partial charge >= 0.3 is 0 Å². The summed E-state index contributed by atoms with van der Waals surface area (Å²) in [5.41, 5.74) is 2.56. The number of aryl methyl sites for hydroxylation is 2. The third kappa shape index (κ3) is 4.39. The molecule has 1 unspecified atom stereocenters. The number of hydrogen-bond donors (Lipinski definition) is 1. The molecule has 3 rings (SSSR count). The number of likely N-dealkylation sites (tertiary alicyclic amines) is 1. The summed E-state index contributed by atoms with van der Waals surface area (Å²) in [5.74, 6) is -2.30. The van der Waals surface area contributed by atoms with Crippen molar-refractivity contribution in [1.29, 1.82) is 0 Å². The molecule has 1 atom stereocenters. The van der Waals surface area contributed by atoms with Crippen LogP contribution in [0.3, 0.4) is 0 Å². The van der Waals surface area contributed by atoms with Crippen LogP contribution in [-0.2, 0) is 9.59 Å². The number of benzene rings is 2. The van der Waals surface area contributed by atoms with Crippen molar-refractivity contribution in [2.24, 2.45) is 0 Å². The first kappa shape index (κ1) is 22.7. The fraction of sp³-hybridized carbons (Fsp3) is 0.360. The number of nitrogens with zero attached hydrogens (tertiary/aromatic N) is 2. The lowest BCUT2D eigenvalue weighted by Crippen LogP contribution is -2.38. The number of aliphatic hydroxyl groups excluding tert-OH is 1. The Balaban J connectivity index is 2.14. The second-order valence-electron chi connectivity index (χ2n) is 7.84. The van der Waals surface area contributed by atoms with E-state index in [0.717, 1.165) is 24.2 Å². The summed E-state index contributed by atoms with van der Waals surface area (Å²) in [4.78, 5) is 29.5. The van der Waals surface area contributed by atoms with Gasteiger partial charge in [-0.15, -0.1) is 0 Å². The zero-order chi connectivity index (χ0) is 22.7. The van der Waals surface area contributed by atoms with E-state index in [9.17, 15) is 19.1 Å². The molecule has 5 nitrogen and oxygen atoms in total. The molecule has 1 heterocycles. The van der Waals surface area contributed by atoms with Gasteiger partial charge in [0, 0.05) is 24.2 Å². The van der Waals surface area contributed by atoms with Crippen molar-refractivity contribution in [2.45, 2.75) is 33.7 Å². The smallest absolute Gasteiger partial charge is 0.295 e. The average molecular weight is 425 g/mol. The Morgan fingerprint density at radius 2 is 1.74 bits per heavy atom. The molecule has 0 saturated carbocycles. The minimum absolute atomic E-state index is 0.0714. The van der Waals surface area contributed by atoms with E-state index >= 15 is 0 Å². The summed E-state index contributed by atoms with van der Waals surface area (Å²) in [6.45, 7) is 10.3. The number of Topliss-reactive ketones (excluding diaryl/α,β-unsaturated/α-hetero) is 1. The van der Waals surface area contributed by atoms with E-state index < -0.39 is 23.5 Å². The SMILES string of the molecule is CCN(CC)CCN1C(=O)C(=O)/C(=C(/O)c2ccc(C)c(C)c2)C1c1ccccc1F. The Hall–Kier alpha value is -2.99. The molecule has 2 aromatic rings. The molecule has 1 aliphatic rings. The fourth-order valence-corrected chi connectivity index (χ4v) is 3.96. The van der Waals surface area contributed by atoms with Crippen LogP contribution < -0.4 is 0 Å². The van der Waals surface area contributed by atoms with E-state index in [4.69, 9.17) is 0 Å². The summed E-state index contributed by atoms with van der Waals surface area (Å²) in [6, 6.07) is 10.4. The highest BCUT2D eigenvalue weighted by Gasteiger charge is 2.46. The highest BCUT2D eigenvalue weighted by molar-refractivity contribution is 6.46. The van der Waals surface area contributed by atoms with Gasteiger partial charge in [-0.2, -0.15) is 0 Å². The van der Waals surface area contributed by atoms with Crippen molar-refractivity contribution in [3.05, 3.63) is 76.1 Å². The molecule has 6 heteroatoms. The van der Waals surface area contributed by atoms with Gasteiger partial charge in [0.2, 0.25) is 0 Å². The van der Waals surface area contributed by atoms with Crippen molar-refractivity contribution < 1.29 is 19.1 Å². The van der Waals surface area contributed by atoms with Gasteiger partial charge in [0.1, 0.15) is 11.6 Å². The lowest BCUT2D eigenvalue weighted by molar-refractivity contribution is -0.140. The summed E-state index contributed by atoms with van der Waals surface area (Å²) < 4.78 is 14.8. The van der Waals surface area contributed by atoms with Crippen LogP contribution in [0.1, 0.15) is 42.1 Å². The van der Waals surface area contributed by atoms with E-state index in [1.165, 1.54) is 11.0 Å². The molecule has 1 aliphatic heterocycles. The van der Waals surface area contributed by atoms with Crippen LogP contribution in [-0.4, -0.2) is 52.8 Å². The highest BCUT2D eigenvalue weighted by Crippen LogP contribution is 2.40. The molecule has 0 aliphatic carbocycles. The van der Waals surface area contributed by atoms with Gasteiger partial charge in [-0.1, -0.05) is 44.2 Å². The van der Waals surface area contributed by atoms with Gasteiger partial charge in [0.15, 0.2) is 0 Å². The number of ketones is 1. The Kier molecular flexibility index (Phi) is 6.91. The average Bonchev–Trinajstić information content (AvgIpc) is 3.01. The fourth-order valence-electron chi connectivity index (χ4n) is 3.96. The third-order valence-corrected chi connectivity index (χ3v) is 6.07. The molecule has 1 saturated heterocycles. The van der Waals surface area contributed by atoms with Crippen molar-refractivity contribution in [3.8, 4) is 0 Å². The first-order valence-electron chi connectivity index (χ1n) is 10.6. The maximum atomic E-state index is 14.8. The minimum Gasteiger partial charge on any atom is -0.507 e. The first-order valence-corrected chi connectivity index (χ1v) is 10.6. The van der Waals surface area contributed by atoms with Crippen molar-refractivity contribution >= 4 is 17.4 Å². The van der Waals surface area contributed by atoms with E-state index in [0.29, 0.717) is 12.1 Å². The largest absolute Gasteiger partial charge is 0.507 e. The monoisotopic (exact) mass is 424 g/mol. The van der Waals surface area contributed by atoms with E-state index in [-0.39, 0.29) is 23.4 Å². The molecule has 31 heavy (non-hydrogen) atoms. The zero-order valence-corrected chi connectivity index (χ0v) is 18.5. The highest BCUT2D eigenvalue weighted by atomic mass is 19.1. The predicted octanol–water partition coefficient (Wildman–Crippen LogP) is 4.21. The normalized spacial score (nSPS) is 18.3. The number of likely N-dealkylation sites (N-methyl/N-ethyl adjacent to an activating group) is 1. The Labute approximate surface area is 182 Å². The van der Waals surface area contributed by atoms with Crippen LogP contribution in [0.25, 0.3) is 5.76 Å². The molecule has 164 valence electrons. The third-order valence-electron chi connectivity index (χ3n) is 6.07. The molecule has 0 spiro atoms. The van der Waals surface area contributed by atoms with Crippen LogP contribution >= 0.6 is 0 Å². The number of carbonyl (C=O) groups excluding carboxylic acids is 2. The van der Waals surface area contributed by atoms with Crippen molar-refractivity contribution in [3.63, 3.8) is 0 Å². The molecule has 1 fully saturated rings. The van der Waals surface area contributed by atoms with Crippen LogP contribution in [0.5, 0.6) is 0 Å². The maximum Gasteiger partial charge on any atom is 0.295 e. The topological polar surface area (TPSA) is 60.9 Å². The number of amides is 1. The molecule has 1 N–H and O–H groups in total. The molecular weight excluding hydrogens is 395 g/mol. The quantitative estimate of drug-likeness (QED) is 0.411. The lowest BCUT2D eigenvalue weighted by atomic mass is 9.94. The Morgan fingerprint density at radius 3 is 2.35 bits per heavy atom. The maximum absolute atomic E-state index is 14.8. The Bertz CT molecular complexity index is 1030. The molecule has 0 aromatic heterocycles. The lowest BCUT2D eigenvalue weighted by Gasteiger charge is -2.28. The Morgan fingerprint density at radius 1 is 1.06 bits per heavy atom. The van der Waals surface area contributed by atoms with Crippen LogP contribution in [0.15, 0.2) is 48.0 Å². The van der Waals surface area contributed by atoms with E-state index in [1.54, 1.807) is 30.3 Å². The zero-order valence-electron chi connectivity index (χ0n) is 18.5. The molecule has 0 radical (unpaired) electrons. The van der Waals surface area contributed by atoms with E-state index in [2.05, 4.69) is 4.90 Å². The second kappa shape index (κ2) is 9.43. The minimum atomic E-state index is -0.974. The van der Waals surface area contributed by atoms with Gasteiger partial charge in [-0.25, -0.2) is 4.39 Å². The predicted molar refractivity (Wildman–Crippen MR) is 119 cm³/mol.